The smallest absolute Gasteiger partial charge is 0.329 e. The van der Waals surface area contributed by atoms with E-state index in [4.69, 9.17) is 9.84 Å². The van der Waals surface area contributed by atoms with Gasteiger partial charge < -0.3 is 15.2 Å². The molecule has 0 unspecified atom stereocenters. The van der Waals surface area contributed by atoms with Gasteiger partial charge in [0.05, 0.1) is 7.11 Å². The van der Waals surface area contributed by atoms with Crippen molar-refractivity contribution in [2.24, 2.45) is 0 Å². The van der Waals surface area contributed by atoms with Gasteiger partial charge in [0.1, 0.15) is 5.54 Å². The fourth-order valence-electron chi connectivity index (χ4n) is 1.97. The van der Waals surface area contributed by atoms with Crippen molar-refractivity contribution in [3.05, 3.63) is 11.8 Å². The number of carboxylic acid groups (broad SMARTS) is 1. The van der Waals surface area contributed by atoms with Crippen LogP contribution in [0.3, 0.4) is 0 Å². The van der Waals surface area contributed by atoms with Crippen molar-refractivity contribution in [3.63, 3.8) is 0 Å². The third-order valence-electron chi connectivity index (χ3n) is 3.23. The van der Waals surface area contributed by atoms with Gasteiger partial charge in [-0.15, -0.1) is 0 Å². The van der Waals surface area contributed by atoms with Crippen molar-refractivity contribution in [1.29, 1.82) is 0 Å². The maximum atomic E-state index is 11.8. The molecule has 108 valence electrons. The molecule has 0 atom stereocenters. The standard InChI is InChI=1S/C12H16N4O4/c1-7-6-8(20-2)14-10(13-7)15-11(19)16-12(9(17)18)4-3-5-12/h6H,3-5H2,1-2H3,(H,17,18)(H2,13,14,15,16,19). The number of aryl methyl sites for hydroxylation is 1. The predicted molar refractivity (Wildman–Crippen MR) is 69.7 cm³/mol. The quantitative estimate of drug-likeness (QED) is 0.755. The molecule has 1 aliphatic carbocycles. The average molecular weight is 280 g/mol. The van der Waals surface area contributed by atoms with Crippen LogP contribution in [0.5, 0.6) is 5.88 Å². The van der Waals surface area contributed by atoms with E-state index in [-0.39, 0.29) is 5.95 Å². The van der Waals surface area contributed by atoms with Crippen molar-refractivity contribution >= 4 is 17.9 Å². The number of hydrogen-bond acceptors (Lipinski definition) is 5. The van der Waals surface area contributed by atoms with Gasteiger partial charge in [0.15, 0.2) is 0 Å². The Balaban J connectivity index is 2.05. The van der Waals surface area contributed by atoms with Crippen LogP contribution in [0.1, 0.15) is 25.0 Å². The summed E-state index contributed by atoms with van der Waals surface area (Å²) in [6.07, 6.45) is 1.63. The highest BCUT2D eigenvalue weighted by atomic mass is 16.5. The number of carboxylic acids is 1. The second kappa shape index (κ2) is 5.32. The van der Waals surface area contributed by atoms with Gasteiger partial charge in [0, 0.05) is 11.8 Å². The Morgan fingerprint density at radius 1 is 1.40 bits per heavy atom. The van der Waals surface area contributed by atoms with Gasteiger partial charge in [-0.3, -0.25) is 5.32 Å². The first-order valence-corrected chi connectivity index (χ1v) is 6.17. The molecule has 1 aromatic rings. The van der Waals surface area contributed by atoms with E-state index in [0.717, 1.165) is 6.42 Å². The molecular formula is C12H16N4O4. The Morgan fingerprint density at radius 2 is 2.10 bits per heavy atom. The second-order valence-electron chi connectivity index (χ2n) is 4.70. The molecule has 0 aliphatic heterocycles. The second-order valence-corrected chi connectivity index (χ2v) is 4.70. The number of aromatic nitrogens is 2. The zero-order valence-corrected chi connectivity index (χ0v) is 11.3. The van der Waals surface area contributed by atoms with Gasteiger partial charge in [-0.25, -0.2) is 14.6 Å². The molecule has 0 saturated heterocycles. The van der Waals surface area contributed by atoms with E-state index in [1.807, 2.05) is 0 Å². The number of aliphatic carboxylic acids is 1. The summed E-state index contributed by atoms with van der Waals surface area (Å²) < 4.78 is 4.97. The van der Waals surface area contributed by atoms with Crippen LogP contribution in [-0.2, 0) is 4.79 Å². The van der Waals surface area contributed by atoms with Gasteiger partial charge in [0.25, 0.3) is 0 Å². The molecule has 0 bridgehead atoms. The molecular weight excluding hydrogens is 264 g/mol. The van der Waals surface area contributed by atoms with Gasteiger partial charge in [-0.1, -0.05) is 0 Å². The molecule has 8 heteroatoms. The number of methoxy groups -OCH3 is 1. The summed E-state index contributed by atoms with van der Waals surface area (Å²) in [5.74, 6) is -0.634. The lowest BCUT2D eigenvalue weighted by Gasteiger charge is -2.37. The molecule has 2 amide bonds. The Hall–Kier alpha value is -2.38. The topological polar surface area (TPSA) is 113 Å². The number of carbonyl (C=O) groups is 2. The highest BCUT2D eigenvalue weighted by molar-refractivity contribution is 5.93. The average Bonchev–Trinajstić information content (AvgIpc) is 2.32. The van der Waals surface area contributed by atoms with Crippen LogP contribution in [0.25, 0.3) is 0 Å². The molecule has 1 aromatic heterocycles. The van der Waals surface area contributed by atoms with Gasteiger partial charge in [-0.05, 0) is 26.2 Å². The summed E-state index contributed by atoms with van der Waals surface area (Å²) >= 11 is 0. The van der Waals surface area contributed by atoms with E-state index < -0.39 is 17.5 Å². The van der Waals surface area contributed by atoms with Crippen molar-refractivity contribution < 1.29 is 19.4 Å². The van der Waals surface area contributed by atoms with Gasteiger partial charge in [0.2, 0.25) is 11.8 Å². The predicted octanol–water partition coefficient (Wildman–Crippen LogP) is 0.922. The van der Waals surface area contributed by atoms with Crippen LogP contribution in [-0.4, -0.2) is 39.7 Å². The molecule has 20 heavy (non-hydrogen) atoms. The number of urea groups is 1. The summed E-state index contributed by atoms with van der Waals surface area (Å²) in [4.78, 5) is 31.0. The number of nitrogens with one attached hydrogen (secondary N) is 2. The van der Waals surface area contributed by atoms with Crippen LogP contribution < -0.4 is 15.4 Å². The third kappa shape index (κ3) is 2.79. The fraction of sp³-hybridized carbons (Fsp3) is 0.500. The van der Waals surface area contributed by atoms with E-state index >= 15 is 0 Å². The third-order valence-corrected chi connectivity index (χ3v) is 3.23. The molecule has 3 N–H and O–H groups in total. The summed E-state index contributed by atoms with van der Waals surface area (Å²) in [6, 6.07) is 0.980. The normalized spacial score (nSPS) is 15.9. The Morgan fingerprint density at radius 3 is 2.60 bits per heavy atom. The van der Waals surface area contributed by atoms with Crippen LogP contribution in [0.15, 0.2) is 6.07 Å². The number of carbonyl (C=O) groups excluding carboxylic acids is 1. The molecule has 8 nitrogen and oxygen atoms in total. The zero-order chi connectivity index (χ0) is 14.8. The van der Waals surface area contributed by atoms with Gasteiger partial charge >= 0.3 is 12.0 Å². The number of ether oxygens (including phenoxy) is 1. The highest BCUT2D eigenvalue weighted by Crippen LogP contribution is 2.32. The fourth-order valence-corrected chi connectivity index (χ4v) is 1.97. The Kier molecular flexibility index (Phi) is 3.73. The van der Waals surface area contributed by atoms with E-state index in [9.17, 15) is 9.59 Å². The van der Waals surface area contributed by atoms with Crippen LogP contribution >= 0.6 is 0 Å². The minimum absolute atomic E-state index is 0.0687. The van der Waals surface area contributed by atoms with E-state index in [2.05, 4.69) is 20.6 Å². The minimum atomic E-state index is -1.17. The number of hydrogen-bond donors (Lipinski definition) is 3. The molecule has 1 heterocycles. The SMILES string of the molecule is COc1cc(C)nc(NC(=O)NC2(C(=O)O)CCC2)n1. The number of nitrogens with zero attached hydrogens (tertiary/aromatic N) is 2. The monoisotopic (exact) mass is 280 g/mol. The highest BCUT2D eigenvalue weighted by Gasteiger charge is 2.45. The van der Waals surface area contributed by atoms with Crippen molar-refractivity contribution in [2.45, 2.75) is 31.7 Å². The molecule has 1 fully saturated rings. The maximum Gasteiger partial charge on any atom is 0.329 e. The number of rotatable bonds is 4. The van der Waals surface area contributed by atoms with Gasteiger partial charge in [-0.2, -0.15) is 4.98 Å². The van der Waals surface area contributed by atoms with E-state index in [1.54, 1.807) is 13.0 Å². The first kappa shape index (κ1) is 14.0. The van der Waals surface area contributed by atoms with Crippen molar-refractivity contribution in [3.8, 4) is 5.88 Å². The minimum Gasteiger partial charge on any atom is -0.481 e. The molecule has 1 aliphatic rings. The summed E-state index contributed by atoms with van der Waals surface area (Å²) in [7, 11) is 1.46. The van der Waals surface area contributed by atoms with Crippen molar-refractivity contribution in [2.75, 3.05) is 12.4 Å². The Labute approximate surface area is 115 Å². The van der Waals surface area contributed by atoms with E-state index in [0.29, 0.717) is 24.4 Å². The Bertz CT molecular complexity index is 542. The largest absolute Gasteiger partial charge is 0.481 e. The van der Waals surface area contributed by atoms with Crippen LogP contribution in [0, 0.1) is 6.92 Å². The maximum absolute atomic E-state index is 11.8. The van der Waals surface area contributed by atoms with Crippen LogP contribution in [0.4, 0.5) is 10.7 Å². The zero-order valence-electron chi connectivity index (χ0n) is 11.3. The van der Waals surface area contributed by atoms with Crippen LogP contribution in [0.2, 0.25) is 0 Å². The lowest BCUT2D eigenvalue weighted by atomic mass is 9.77. The van der Waals surface area contributed by atoms with E-state index in [1.165, 1.54) is 7.11 Å². The first-order valence-electron chi connectivity index (χ1n) is 6.17. The molecule has 0 spiro atoms. The summed E-state index contributed by atoms with van der Waals surface area (Å²) in [5, 5.41) is 14.0. The summed E-state index contributed by atoms with van der Waals surface area (Å²) in [6.45, 7) is 1.73. The lowest BCUT2D eigenvalue weighted by Crippen LogP contribution is -2.60. The first-order chi connectivity index (χ1) is 9.45. The molecule has 2 rings (SSSR count). The van der Waals surface area contributed by atoms with Crippen molar-refractivity contribution in [1.82, 2.24) is 15.3 Å². The number of anilines is 1. The molecule has 1 saturated carbocycles. The lowest BCUT2D eigenvalue weighted by molar-refractivity contribution is -0.148. The number of amides is 2. The summed E-state index contributed by atoms with van der Waals surface area (Å²) in [5.41, 5.74) is -0.540. The molecule has 0 radical (unpaired) electrons. The molecule has 0 aromatic carbocycles.